The fourth-order valence-electron chi connectivity index (χ4n) is 4.15. The Morgan fingerprint density at radius 1 is 1.22 bits per heavy atom. The summed E-state index contributed by atoms with van der Waals surface area (Å²) in [6.45, 7) is 5.53. The molecule has 3 aromatic rings. The summed E-state index contributed by atoms with van der Waals surface area (Å²) in [7, 11) is 1.52. The molecule has 1 aliphatic rings. The van der Waals surface area contributed by atoms with Crippen molar-refractivity contribution in [2.75, 3.05) is 13.7 Å². The molecule has 2 aromatic carbocycles. The van der Waals surface area contributed by atoms with E-state index < -0.39 is 40.8 Å². The van der Waals surface area contributed by atoms with Crippen LogP contribution in [0.3, 0.4) is 0 Å². The lowest BCUT2D eigenvalue weighted by Crippen LogP contribution is -2.37. The van der Waals surface area contributed by atoms with Crippen LogP contribution in [0, 0.1) is 16.7 Å². The number of carbonyl (C=O) groups excluding carboxylic acids is 1. The Morgan fingerprint density at radius 3 is 2.61 bits per heavy atom. The molecule has 8 nitrogen and oxygen atoms in total. The van der Waals surface area contributed by atoms with Crippen LogP contribution in [-0.2, 0) is 11.0 Å². The highest BCUT2D eigenvalue weighted by molar-refractivity contribution is 5.85. The second-order valence-electron chi connectivity index (χ2n) is 9.09. The molecule has 1 fully saturated rings. The lowest BCUT2D eigenvalue weighted by atomic mass is 9.89. The van der Waals surface area contributed by atoms with Gasteiger partial charge < -0.3 is 18.8 Å². The zero-order valence-corrected chi connectivity index (χ0v) is 20.0. The molecule has 0 spiro atoms. The predicted octanol–water partition coefficient (Wildman–Crippen LogP) is 5.01. The van der Waals surface area contributed by atoms with Crippen molar-refractivity contribution in [2.24, 2.45) is 5.41 Å². The SMILES string of the molecule is COc1ccccc1-c1nnc(C(C)N2CC(C)(C)C(Oc3ccc(C#N)c(C(F)(F)F)c3)C2=O)o1. The molecule has 0 saturated carbocycles. The Labute approximate surface area is 205 Å². The monoisotopic (exact) mass is 500 g/mol. The number of methoxy groups -OCH3 is 1. The lowest BCUT2D eigenvalue weighted by Gasteiger charge is -2.25. The molecule has 1 saturated heterocycles. The van der Waals surface area contributed by atoms with Gasteiger partial charge in [0.2, 0.25) is 5.89 Å². The van der Waals surface area contributed by atoms with E-state index in [2.05, 4.69) is 10.2 Å². The minimum atomic E-state index is -4.74. The number of ether oxygens (including phenoxy) is 2. The number of para-hydroxylation sites is 1. The van der Waals surface area contributed by atoms with E-state index in [0.29, 0.717) is 11.3 Å². The Morgan fingerprint density at radius 2 is 1.94 bits per heavy atom. The van der Waals surface area contributed by atoms with Crippen LogP contribution in [0.25, 0.3) is 11.5 Å². The first kappa shape index (κ1) is 25.0. The minimum absolute atomic E-state index is 0.154. The van der Waals surface area contributed by atoms with Gasteiger partial charge in [0, 0.05) is 12.0 Å². The van der Waals surface area contributed by atoms with Gasteiger partial charge in [-0.1, -0.05) is 26.0 Å². The number of amides is 1. The summed E-state index contributed by atoms with van der Waals surface area (Å²) in [5, 5.41) is 17.2. The van der Waals surface area contributed by atoms with Crippen LogP contribution >= 0.6 is 0 Å². The topological polar surface area (TPSA) is 101 Å². The van der Waals surface area contributed by atoms with Gasteiger partial charge in [0.25, 0.3) is 11.8 Å². The number of carbonyl (C=O) groups is 1. The third kappa shape index (κ3) is 4.58. The van der Waals surface area contributed by atoms with E-state index >= 15 is 0 Å². The Kier molecular flexibility index (Phi) is 6.39. The fraction of sp³-hybridized carbons (Fsp3) is 0.360. The summed E-state index contributed by atoms with van der Waals surface area (Å²) in [6.07, 6.45) is -5.80. The smallest absolute Gasteiger partial charge is 0.417 e. The molecular weight excluding hydrogens is 477 g/mol. The molecule has 2 unspecified atom stereocenters. The van der Waals surface area contributed by atoms with Crippen LogP contribution in [0.5, 0.6) is 11.5 Å². The van der Waals surface area contributed by atoms with E-state index in [1.807, 2.05) is 0 Å². The molecule has 188 valence electrons. The van der Waals surface area contributed by atoms with Crippen LogP contribution in [0.15, 0.2) is 46.9 Å². The van der Waals surface area contributed by atoms with Crippen LogP contribution < -0.4 is 9.47 Å². The molecular formula is C25H23F3N4O4. The first-order chi connectivity index (χ1) is 17.0. The average Bonchev–Trinajstić information content (AvgIpc) is 3.42. The highest BCUT2D eigenvalue weighted by Gasteiger charge is 2.50. The average molecular weight is 500 g/mol. The molecule has 1 amide bonds. The maximum Gasteiger partial charge on any atom is 0.417 e. The van der Waals surface area contributed by atoms with Crippen molar-refractivity contribution in [2.45, 2.75) is 39.1 Å². The van der Waals surface area contributed by atoms with Gasteiger partial charge in [-0.05, 0) is 37.3 Å². The molecule has 0 aliphatic carbocycles. The van der Waals surface area contributed by atoms with E-state index in [1.54, 1.807) is 45.0 Å². The molecule has 11 heteroatoms. The summed E-state index contributed by atoms with van der Waals surface area (Å²) < 4.78 is 57.1. The van der Waals surface area contributed by atoms with Crippen LogP contribution in [0.1, 0.15) is 43.8 Å². The van der Waals surface area contributed by atoms with Crippen molar-refractivity contribution in [1.29, 1.82) is 5.26 Å². The number of aromatic nitrogens is 2. The van der Waals surface area contributed by atoms with Crippen molar-refractivity contribution in [1.82, 2.24) is 15.1 Å². The Hall–Kier alpha value is -4.07. The minimum Gasteiger partial charge on any atom is -0.496 e. The third-order valence-electron chi connectivity index (χ3n) is 6.07. The summed E-state index contributed by atoms with van der Waals surface area (Å²) in [5.41, 5.74) is -1.79. The van der Waals surface area contributed by atoms with Crippen molar-refractivity contribution >= 4 is 5.91 Å². The first-order valence-electron chi connectivity index (χ1n) is 11.0. The van der Waals surface area contributed by atoms with E-state index in [4.69, 9.17) is 19.2 Å². The van der Waals surface area contributed by atoms with Gasteiger partial charge in [-0.2, -0.15) is 18.4 Å². The number of hydrogen-bond acceptors (Lipinski definition) is 7. The second-order valence-corrected chi connectivity index (χ2v) is 9.09. The number of nitriles is 1. The predicted molar refractivity (Wildman–Crippen MR) is 121 cm³/mol. The second kappa shape index (κ2) is 9.18. The number of likely N-dealkylation sites (tertiary alicyclic amines) is 1. The van der Waals surface area contributed by atoms with Crippen molar-refractivity contribution in [3.8, 4) is 29.0 Å². The van der Waals surface area contributed by atoms with E-state index in [1.165, 1.54) is 24.1 Å². The van der Waals surface area contributed by atoms with Gasteiger partial charge >= 0.3 is 6.18 Å². The molecule has 4 rings (SSSR count). The molecule has 0 N–H and O–H groups in total. The number of halogens is 3. The van der Waals surface area contributed by atoms with Crippen molar-refractivity contribution in [3.63, 3.8) is 0 Å². The molecule has 2 atom stereocenters. The number of hydrogen-bond donors (Lipinski definition) is 0. The van der Waals surface area contributed by atoms with Gasteiger partial charge in [0.1, 0.15) is 17.5 Å². The molecule has 36 heavy (non-hydrogen) atoms. The zero-order valence-electron chi connectivity index (χ0n) is 20.0. The number of nitrogens with zero attached hydrogens (tertiary/aromatic N) is 4. The summed E-state index contributed by atoms with van der Waals surface area (Å²) in [6, 6.07) is 11.1. The Bertz CT molecular complexity index is 1330. The molecule has 1 aromatic heterocycles. The third-order valence-corrected chi connectivity index (χ3v) is 6.07. The van der Waals surface area contributed by atoms with Gasteiger partial charge in [-0.25, -0.2) is 0 Å². The molecule has 0 bridgehead atoms. The normalized spacial score (nSPS) is 18.1. The van der Waals surface area contributed by atoms with Crippen molar-refractivity contribution in [3.05, 3.63) is 59.5 Å². The van der Waals surface area contributed by atoms with Crippen LogP contribution in [-0.4, -0.2) is 40.8 Å². The van der Waals surface area contributed by atoms with E-state index in [0.717, 1.165) is 12.1 Å². The molecule has 1 aliphatic heterocycles. The highest BCUT2D eigenvalue weighted by Crippen LogP contribution is 2.40. The van der Waals surface area contributed by atoms with Crippen LogP contribution in [0.2, 0.25) is 0 Å². The highest BCUT2D eigenvalue weighted by atomic mass is 19.4. The number of rotatable bonds is 6. The maximum atomic E-state index is 13.4. The zero-order chi connectivity index (χ0) is 26.3. The summed E-state index contributed by atoms with van der Waals surface area (Å²) in [5.74, 6) is 0.387. The van der Waals surface area contributed by atoms with E-state index in [-0.39, 0.29) is 24.1 Å². The quantitative estimate of drug-likeness (QED) is 0.469. The van der Waals surface area contributed by atoms with Gasteiger partial charge in [0.15, 0.2) is 6.10 Å². The van der Waals surface area contributed by atoms with Gasteiger partial charge in [0.05, 0.1) is 29.9 Å². The summed E-state index contributed by atoms with van der Waals surface area (Å²) >= 11 is 0. The maximum absolute atomic E-state index is 13.4. The fourth-order valence-corrected chi connectivity index (χ4v) is 4.15. The number of alkyl halides is 3. The van der Waals surface area contributed by atoms with Gasteiger partial charge in [-0.15, -0.1) is 10.2 Å². The van der Waals surface area contributed by atoms with Crippen LogP contribution in [0.4, 0.5) is 13.2 Å². The Balaban J connectivity index is 1.57. The largest absolute Gasteiger partial charge is 0.496 e. The molecule has 2 heterocycles. The van der Waals surface area contributed by atoms with Gasteiger partial charge in [-0.3, -0.25) is 4.79 Å². The summed E-state index contributed by atoms with van der Waals surface area (Å²) in [4.78, 5) is 14.8. The lowest BCUT2D eigenvalue weighted by molar-refractivity contribution is -0.138. The van der Waals surface area contributed by atoms with E-state index in [9.17, 15) is 18.0 Å². The number of benzene rings is 2. The first-order valence-corrected chi connectivity index (χ1v) is 11.0. The van der Waals surface area contributed by atoms with Crippen molar-refractivity contribution < 1.29 is 31.9 Å². The molecule has 0 radical (unpaired) electrons. The standard InChI is InChI=1S/C25H23F3N4O4/c1-14(21-30-31-22(36-21)17-7-5-6-8-19(17)34-4)32-13-24(2,3)20(23(32)33)35-16-10-9-15(12-29)18(11-16)25(26,27)28/h5-11,14,20H,13H2,1-4H3.